The van der Waals surface area contributed by atoms with Crippen molar-refractivity contribution in [2.24, 2.45) is 0 Å². The Morgan fingerprint density at radius 3 is 1.63 bits per heavy atom. The summed E-state index contributed by atoms with van der Waals surface area (Å²) in [6.07, 6.45) is 9.20. The van der Waals surface area contributed by atoms with E-state index in [1.165, 1.54) is 27.8 Å². The highest BCUT2D eigenvalue weighted by Crippen LogP contribution is 2.49. The minimum atomic E-state index is -0.300. The minimum Gasteiger partial charge on any atom is -0.437 e. The zero-order valence-corrected chi connectivity index (χ0v) is 37.3. The van der Waals surface area contributed by atoms with Crippen LogP contribution in [-0.4, -0.2) is 19.9 Å². The standard InChI is InChI=1S/C57H52N4O2/c1-8-11-15-38-31-49-45-19-14-21-48(54(45)63-56(49)61-37(38)7)51-27-24-40(33-59-51)43-17-12-16-42(52(43)57(9-2,10-3)41-29-34(4)28-35(5)30-41)39-23-26-50(58-32-39)47-20-13-18-44-46-25-22-36(6)60-55(46)62-53(44)47/h12-14,16-33H,8-11,15H2,1-7H3. The van der Waals surface area contributed by atoms with Crippen LogP contribution in [-0.2, 0) is 11.8 Å². The molecule has 0 saturated carbocycles. The van der Waals surface area contributed by atoms with Gasteiger partial charge in [-0.15, -0.1) is 0 Å². The third-order valence-corrected chi connectivity index (χ3v) is 13.3. The largest absolute Gasteiger partial charge is 0.437 e. The van der Waals surface area contributed by atoms with E-state index in [1.807, 2.05) is 25.4 Å². The lowest BCUT2D eigenvalue weighted by atomic mass is 9.66. The number of para-hydroxylation sites is 2. The highest BCUT2D eigenvalue weighted by atomic mass is 16.3. The normalized spacial score (nSPS) is 12.0. The number of hydrogen-bond donors (Lipinski definition) is 0. The number of aryl methyl sites for hydroxylation is 5. The minimum absolute atomic E-state index is 0.300. The molecule has 312 valence electrons. The Labute approximate surface area is 369 Å². The van der Waals surface area contributed by atoms with Crippen LogP contribution in [0.4, 0.5) is 0 Å². The Morgan fingerprint density at radius 1 is 0.524 bits per heavy atom. The number of pyridine rings is 4. The van der Waals surface area contributed by atoms with Crippen LogP contribution in [0.1, 0.15) is 85.7 Å². The predicted octanol–water partition coefficient (Wildman–Crippen LogP) is 15.4. The molecule has 6 heteroatoms. The molecule has 6 aromatic heterocycles. The van der Waals surface area contributed by atoms with Crippen molar-refractivity contribution in [3.8, 4) is 44.8 Å². The van der Waals surface area contributed by atoms with Gasteiger partial charge in [0.2, 0.25) is 11.4 Å². The van der Waals surface area contributed by atoms with Crippen LogP contribution < -0.4 is 0 Å². The highest BCUT2D eigenvalue weighted by Gasteiger charge is 2.36. The van der Waals surface area contributed by atoms with Crippen molar-refractivity contribution in [3.05, 3.63) is 167 Å². The molecular formula is C57H52N4O2. The molecule has 0 atom stereocenters. The number of hydrogen-bond acceptors (Lipinski definition) is 6. The summed E-state index contributed by atoms with van der Waals surface area (Å²) >= 11 is 0. The van der Waals surface area contributed by atoms with E-state index in [0.717, 1.165) is 121 Å². The molecule has 10 rings (SSSR count). The summed E-state index contributed by atoms with van der Waals surface area (Å²) in [5, 5.41) is 4.18. The maximum atomic E-state index is 6.53. The Morgan fingerprint density at radius 2 is 1.08 bits per heavy atom. The number of unbranched alkanes of at least 4 members (excludes halogenated alkanes) is 1. The molecule has 10 aromatic rings. The third-order valence-electron chi connectivity index (χ3n) is 13.3. The molecule has 0 spiro atoms. The maximum absolute atomic E-state index is 6.53. The van der Waals surface area contributed by atoms with Gasteiger partial charge in [0.15, 0.2) is 0 Å². The van der Waals surface area contributed by atoms with E-state index in [1.54, 1.807) is 0 Å². The first kappa shape index (κ1) is 40.2. The summed E-state index contributed by atoms with van der Waals surface area (Å²) in [5.41, 5.74) is 19.1. The van der Waals surface area contributed by atoms with Crippen LogP contribution in [0.25, 0.3) is 88.9 Å². The summed E-state index contributed by atoms with van der Waals surface area (Å²) in [6, 6.07) is 41.4. The second kappa shape index (κ2) is 16.1. The van der Waals surface area contributed by atoms with Gasteiger partial charge in [-0.25, -0.2) is 9.97 Å². The lowest BCUT2D eigenvalue weighted by Crippen LogP contribution is -2.28. The van der Waals surface area contributed by atoms with Gasteiger partial charge in [-0.05, 0) is 124 Å². The fourth-order valence-electron chi connectivity index (χ4n) is 10.0. The smallest absolute Gasteiger partial charge is 0.227 e. The van der Waals surface area contributed by atoms with E-state index in [-0.39, 0.29) is 5.41 Å². The zero-order chi connectivity index (χ0) is 43.4. The highest BCUT2D eigenvalue weighted by molar-refractivity contribution is 6.09. The maximum Gasteiger partial charge on any atom is 0.227 e. The average Bonchev–Trinajstić information content (AvgIpc) is 3.86. The van der Waals surface area contributed by atoms with E-state index in [2.05, 4.69) is 156 Å². The van der Waals surface area contributed by atoms with E-state index >= 15 is 0 Å². The van der Waals surface area contributed by atoms with Crippen LogP contribution in [0, 0.1) is 27.7 Å². The molecule has 0 aliphatic carbocycles. The molecule has 4 aromatic carbocycles. The first-order valence-corrected chi connectivity index (χ1v) is 22.5. The molecule has 0 aliphatic rings. The third kappa shape index (κ3) is 6.89. The van der Waals surface area contributed by atoms with Gasteiger partial charge in [0, 0.05) is 73.0 Å². The lowest BCUT2D eigenvalue weighted by Gasteiger charge is -2.37. The van der Waals surface area contributed by atoms with Gasteiger partial charge >= 0.3 is 0 Å². The number of aromatic nitrogens is 4. The molecule has 0 N–H and O–H groups in total. The molecule has 0 amide bonds. The van der Waals surface area contributed by atoms with E-state index < -0.39 is 0 Å². The van der Waals surface area contributed by atoms with Gasteiger partial charge in [0.05, 0.1) is 11.4 Å². The van der Waals surface area contributed by atoms with Gasteiger partial charge in [-0.1, -0.05) is 111 Å². The fourth-order valence-corrected chi connectivity index (χ4v) is 10.0. The van der Waals surface area contributed by atoms with Crippen LogP contribution >= 0.6 is 0 Å². The summed E-state index contributed by atoms with van der Waals surface area (Å²) in [4.78, 5) is 19.9. The van der Waals surface area contributed by atoms with Crippen molar-refractivity contribution in [1.29, 1.82) is 0 Å². The second-order valence-electron chi connectivity index (χ2n) is 17.3. The molecule has 0 radical (unpaired) electrons. The summed E-state index contributed by atoms with van der Waals surface area (Å²) in [6.45, 7) is 15.4. The molecule has 0 saturated heterocycles. The van der Waals surface area contributed by atoms with Crippen molar-refractivity contribution >= 4 is 44.1 Å². The first-order chi connectivity index (χ1) is 30.7. The summed E-state index contributed by atoms with van der Waals surface area (Å²) in [5.74, 6) is 0. The monoisotopic (exact) mass is 824 g/mol. The van der Waals surface area contributed by atoms with Crippen molar-refractivity contribution in [1.82, 2.24) is 19.9 Å². The molecule has 0 fully saturated rings. The Kier molecular flexibility index (Phi) is 10.3. The van der Waals surface area contributed by atoms with Gasteiger partial charge < -0.3 is 8.83 Å². The molecule has 6 nitrogen and oxygen atoms in total. The van der Waals surface area contributed by atoms with Crippen LogP contribution in [0.5, 0.6) is 0 Å². The summed E-state index contributed by atoms with van der Waals surface area (Å²) in [7, 11) is 0. The number of nitrogens with zero attached hydrogens (tertiary/aromatic N) is 4. The molecule has 63 heavy (non-hydrogen) atoms. The Balaban J connectivity index is 1.10. The van der Waals surface area contributed by atoms with E-state index in [0.29, 0.717) is 11.4 Å². The van der Waals surface area contributed by atoms with Gasteiger partial charge in [-0.2, -0.15) is 0 Å². The van der Waals surface area contributed by atoms with Gasteiger partial charge in [0.25, 0.3) is 0 Å². The van der Waals surface area contributed by atoms with Crippen molar-refractivity contribution < 1.29 is 8.83 Å². The Hall–Kier alpha value is -6.92. The quantitative estimate of drug-likeness (QED) is 0.129. The predicted molar refractivity (Wildman–Crippen MR) is 259 cm³/mol. The van der Waals surface area contributed by atoms with E-state index in [9.17, 15) is 0 Å². The Bertz CT molecular complexity index is 3310. The number of fused-ring (bicyclic) bond motifs is 6. The number of benzene rings is 4. The topological polar surface area (TPSA) is 77.8 Å². The van der Waals surface area contributed by atoms with Crippen LogP contribution in [0.2, 0.25) is 0 Å². The van der Waals surface area contributed by atoms with Crippen LogP contribution in [0.15, 0.2) is 136 Å². The van der Waals surface area contributed by atoms with Crippen molar-refractivity contribution in [3.63, 3.8) is 0 Å². The van der Waals surface area contributed by atoms with Gasteiger partial charge in [-0.3, -0.25) is 9.97 Å². The first-order valence-electron chi connectivity index (χ1n) is 22.5. The van der Waals surface area contributed by atoms with E-state index in [4.69, 9.17) is 23.8 Å². The second-order valence-corrected chi connectivity index (χ2v) is 17.3. The summed E-state index contributed by atoms with van der Waals surface area (Å²) < 4.78 is 12.9. The SMILES string of the molecule is CCCCc1cc2c(nc1C)oc1c(-c3ccc(-c4cccc(-c5ccc(-c6cccc7c6oc6nc(C)ccc67)nc5)c4C(CC)(CC)c4cc(C)cc(C)c4)cn3)cccc12. The fraction of sp³-hybridized carbons (Fsp3) is 0.228. The van der Waals surface area contributed by atoms with Crippen molar-refractivity contribution in [2.75, 3.05) is 0 Å². The number of rotatable bonds is 11. The number of furan rings is 2. The molecule has 0 aliphatic heterocycles. The molecule has 0 unspecified atom stereocenters. The average molecular weight is 825 g/mol. The molecule has 0 bridgehead atoms. The van der Waals surface area contributed by atoms with Crippen molar-refractivity contribution in [2.45, 2.75) is 86.0 Å². The lowest BCUT2D eigenvalue weighted by molar-refractivity contribution is 0.480. The molecular weight excluding hydrogens is 773 g/mol. The van der Waals surface area contributed by atoms with Crippen LogP contribution in [0.3, 0.4) is 0 Å². The zero-order valence-electron chi connectivity index (χ0n) is 37.3. The van der Waals surface area contributed by atoms with Gasteiger partial charge in [0.1, 0.15) is 11.2 Å². The molecule has 6 heterocycles.